The molecule has 2 aromatic carbocycles. The fourth-order valence-corrected chi connectivity index (χ4v) is 3.53. The number of nitrogens with zero attached hydrogens (tertiary/aromatic N) is 2. The summed E-state index contributed by atoms with van der Waals surface area (Å²) < 4.78 is 0. The Morgan fingerprint density at radius 2 is 1.64 bits per heavy atom. The number of benzene rings is 2. The van der Waals surface area contributed by atoms with E-state index < -0.39 is 5.25 Å². The lowest BCUT2D eigenvalue weighted by molar-refractivity contribution is -0.115. The number of thioether (sulfide) groups is 1. The number of carbonyl (C=O) groups is 2. The summed E-state index contributed by atoms with van der Waals surface area (Å²) >= 11 is 1.15. The topological polar surface area (TPSA) is 124 Å². The van der Waals surface area contributed by atoms with Gasteiger partial charge in [-0.05, 0) is 24.6 Å². The first-order chi connectivity index (χ1) is 13.4. The van der Waals surface area contributed by atoms with Crippen molar-refractivity contribution >= 4 is 40.8 Å². The number of amides is 1. The molecule has 0 fully saturated rings. The van der Waals surface area contributed by atoms with Gasteiger partial charge in [0.15, 0.2) is 10.9 Å². The fourth-order valence-electron chi connectivity index (χ4n) is 2.54. The average Bonchev–Trinajstić information content (AvgIpc) is 2.66. The Kier molecular flexibility index (Phi) is 5.90. The van der Waals surface area contributed by atoms with Crippen molar-refractivity contribution < 1.29 is 9.59 Å². The van der Waals surface area contributed by atoms with E-state index in [0.717, 1.165) is 17.3 Å². The summed E-state index contributed by atoms with van der Waals surface area (Å²) in [5, 5.41) is 2.52. The van der Waals surface area contributed by atoms with E-state index in [1.807, 2.05) is 30.3 Å². The van der Waals surface area contributed by atoms with Crippen LogP contribution in [-0.4, -0.2) is 21.7 Å². The van der Waals surface area contributed by atoms with Crippen molar-refractivity contribution in [1.82, 2.24) is 9.97 Å². The minimum absolute atomic E-state index is 0.0753. The van der Waals surface area contributed by atoms with Gasteiger partial charge < -0.3 is 16.8 Å². The van der Waals surface area contributed by atoms with Gasteiger partial charge in [-0.25, -0.2) is 9.97 Å². The predicted molar refractivity (Wildman–Crippen MR) is 111 cm³/mol. The van der Waals surface area contributed by atoms with Crippen molar-refractivity contribution in [3.8, 4) is 0 Å². The van der Waals surface area contributed by atoms with Crippen LogP contribution in [0.5, 0.6) is 0 Å². The summed E-state index contributed by atoms with van der Waals surface area (Å²) in [5.41, 5.74) is 13.3. The number of ketones is 1. The van der Waals surface area contributed by atoms with Crippen LogP contribution in [0.15, 0.2) is 65.8 Å². The molecule has 28 heavy (non-hydrogen) atoms. The Labute approximate surface area is 166 Å². The first-order valence-electron chi connectivity index (χ1n) is 8.46. The summed E-state index contributed by atoms with van der Waals surface area (Å²) in [7, 11) is 0. The van der Waals surface area contributed by atoms with Crippen LogP contribution < -0.4 is 16.8 Å². The molecule has 8 heteroatoms. The van der Waals surface area contributed by atoms with Gasteiger partial charge in [-0.2, -0.15) is 0 Å². The zero-order valence-corrected chi connectivity index (χ0v) is 15.9. The highest BCUT2D eigenvalue weighted by atomic mass is 32.2. The van der Waals surface area contributed by atoms with Crippen LogP contribution in [0.3, 0.4) is 0 Å². The van der Waals surface area contributed by atoms with E-state index in [4.69, 9.17) is 11.5 Å². The number of aromatic nitrogens is 2. The van der Waals surface area contributed by atoms with E-state index in [1.165, 1.54) is 13.0 Å². The number of carbonyl (C=O) groups excluding carboxylic acids is 2. The third-order valence-electron chi connectivity index (χ3n) is 3.85. The molecule has 0 bridgehead atoms. The molecule has 1 heterocycles. The lowest BCUT2D eigenvalue weighted by atomic mass is 10.1. The molecule has 1 atom stereocenters. The molecule has 7 nitrogen and oxygen atoms in total. The first-order valence-corrected chi connectivity index (χ1v) is 9.34. The van der Waals surface area contributed by atoms with Crippen LogP contribution in [0.4, 0.5) is 17.3 Å². The molecule has 3 rings (SSSR count). The van der Waals surface area contributed by atoms with E-state index in [2.05, 4.69) is 15.3 Å². The van der Waals surface area contributed by atoms with Gasteiger partial charge in [0.1, 0.15) is 16.9 Å². The number of hydrogen-bond acceptors (Lipinski definition) is 7. The maximum Gasteiger partial charge on any atom is 0.242 e. The van der Waals surface area contributed by atoms with Gasteiger partial charge in [-0.15, -0.1) is 0 Å². The number of rotatable bonds is 6. The summed E-state index contributed by atoms with van der Waals surface area (Å²) in [6.07, 6.45) is 0. The van der Waals surface area contributed by atoms with Crippen molar-refractivity contribution in [3.05, 3.63) is 71.8 Å². The second kappa shape index (κ2) is 8.53. The van der Waals surface area contributed by atoms with Gasteiger partial charge in [0.25, 0.3) is 0 Å². The Balaban J connectivity index is 1.89. The summed E-state index contributed by atoms with van der Waals surface area (Å²) in [5.74, 6) is 0.114. The van der Waals surface area contributed by atoms with E-state index >= 15 is 0 Å². The first kappa shape index (κ1) is 19.4. The van der Waals surface area contributed by atoms with Crippen LogP contribution >= 0.6 is 11.8 Å². The van der Waals surface area contributed by atoms with Crippen molar-refractivity contribution in [3.63, 3.8) is 0 Å². The van der Waals surface area contributed by atoms with E-state index in [9.17, 15) is 9.59 Å². The number of nitrogens with one attached hydrogen (secondary N) is 1. The Morgan fingerprint density at radius 1 is 0.964 bits per heavy atom. The lowest BCUT2D eigenvalue weighted by Gasteiger charge is -2.17. The summed E-state index contributed by atoms with van der Waals surface area (Å²) in [6.45, 7) is 1.48. The third-order valence-corrected chi connectivity index (χ3v) is 4.96. The second-order valence-corrected chi connectivity index (χ2v) is 7.11. The Morgan fingerprint density at radius 3 is 2.29 bits per heavy atom. The molecular weight excluding hydrogens is 374 g/mol. The molecule has 1 amide bonds. The number of nitrogen functional groups attached to an aromatic ring is 2. The zero-order chi connectivity index (χ0) is 20.1. The van der Waals surface area contributed by atoms with E-state index in [-0.39, 0.29) is 23.3 Å². The number of Topliss-reactive ketones (excluding diaryl/α,β-unsaturated/α-hetero) is 1. The largest absolute Gasteiger partial charge is 0.383 e. The molecule has 0 saturated carbocycles. The van der Waals surface area contributed by atoms with Crippen LogP contribution in [0.25, 0.3) is 0 Å². The Hall–Kier alpha value is -3.39. The highest BCUT2D eigenvalue weighted by molar-refractivity contribution is 8.00. The highest BCUT2D eigenvalue weighted by Crippen LogP contribution is 2.35. The minimum atomic E-state index is -0.636. The van der Waals surface area contributed by atoms with Gasteiger partial charge in [0.2, 0.25) is 5.91 Å². The number of hydrogen-bond donors (Lipinski definition) is 3. The highest BCUT2D eigenvalue weighted by Gasteiger charge is 2.24. The molecule has 0 saturated heterocycles. The monoisotopic (exact) mass is 393 g/mol. The maximum atomic E-state index is 13.0. The summed E-state index contributed by atoms with van der Waals surface area (Å²) in [6, 6.07) is 17.5. The summed E-state index contributed by atoms with van der Waals surface area (Å²) in [4.78, 5) is 32.9. The lowest BCUT2D eigenvalue weighted by Crippen LogP contribution is -2.19. The molecular formula is C20H19N5O2S. The van der Waals surface area contributed by atoms with E-state index in [1.54, 1.807) is 24.3 Å². The van der Waals surface area contributed by atoms with Crippen LogP contribution in [0, 0.1) is 0 Å². The van der Waals surface area contributed by atoms with Gasteiger partial charge in [-0.1, -0.05) is 54.2 Å². The molecule has 0 aliphatic rings. The van der Waals surface area contributed by atoms with Crippen molar-refractivity contribution in [1.29, 1.82) is 0 Å². The number of nitrogens with two attached hydrogens (primary N) is 2. The normalized spacial score (nSPS) is 11.6. The number of anilines is 3. The Bertz CT molecular complexity index is 990. The molecule has 0 radical (unpaired) electrons. The standard InChI is InChI=1S/C20H19N5O2S/c1-12(26)14-8-5-9-15(10-14)23-19(27)18(13-6-3-2-4-7-13)28-20-24-16(21)11-17(22)25-20/h2-11,18H,1H3,(H,23,27)(H4,21,22,24,25). The van der Waals surface area contributed by atoms with Crippen molar-refractivity contribution in [2.45, 2.75) is 17.3 Å². The van der Waals surface area contributed by atoms with Crippen LogP contribution in [-0.2, 0) is 4.79 Å². The molecule has 3 aromatic rings. The molecule has 0 aliphatic heterocycles. The molecule has 1 aromatic heterocycles. The van der Waals surface area contributed by atoms with Crippen molar-refractivity contribution in [2.24, 2.45) is 0 Å². The molecule has 1 unspecified atom stereocenters. The van der Waals surface area contributed by atoms with Crippen LogP contribution in [0.2, 0.25) is 0 Å². The van der Waals surface area contributed by atoms with Gasteiger partial charge in [-0.3, -0.25) is 9.59 Å². The van der Waals surface area contributed by atoms with E-state index in [0.29, 0.717) is 16.4 Å². The van der Waals surface area contributed by atoms with Crippen LogP contribution in [0.1, 0.15) is 28.1 Å². The quantitative estimate of drug-likeness (QED) is 0.333. The molecule has 0 aliphatic carbocycles. The van der Waals surface area contributed by atoms with Crippen molar-refractivity contribution in [2.75, 3.05) is 16.8 Å². The smallest absolute Gasteiger partial charge is 0.242 e. The van der Waals surface area contributed by atoms with Gasteiger partial charge in [0.05, 0.1) is 0 Å². The minimum Gasteiger partial charge on any atom is -0.383 e. The average molecular weight is 393 g/mol. The predicted octanol–water partition coefficient (Wildman–Crippen LogP) is 3.32. The van der Waals surface area contributed by atoms with Gasteiger partial charge >= 0.3 is 0 Å². The maximum absolute atomic E-state index is 13.0. The third kappa shape index (κ3) is 4.86. The van der Waals surface area contributed by atoms with Gasteiger partial charge in [0, 0.05) is 17.3 Å². The molecule has 5 N–H and O–H groups in total. The SMILES string of the molecule is CC(=O)c1cccc(NC(=O)C(Sc2nc(N)cc(N)n2)c2ccccc2)c1. The second-order valence-electron chi connectivity index (χ2n) is 6.04. The zero-order valence-electron chi connectivity index (χ0n) is 15.1. The fraction of sp³-hybridized carbons (Fsp3) is 0.100. The molecule has 142 valence electrons. The molecule has 0 spiro atoms.